The standard InChI is InChI=1S/C10H15N3O4/c1-4-5(2-6(11)10(12)13-4)9(17)7(14)3-8(15)16/h2,7,9,14,17H,3,11H2,1H3,(H2,12,13)(H,15,16). The highest BCUT2D eigenvalue weighted by Crippen LogP contribution is 2.25. The molecule has 7 nitrogen and oxygen atoms in total. The predicted molar refractivity (Wildman–Crippen MR) is 61.0 cm³/mol. The second kappa shape index (κ2) is 4.98. The van der Waals surface area contributed by atoms with Gasteiger partial charge in [-0.2, -0.15) is 0 Å². The Morgan fingerprint density at radius 3 is 2.59 bits per heavy atom. The largest absolute Gasteiger partial charge is 0.481 e. The van der Waals surface area contributed by atoms with E-state index in [0.717, 1.165) is 0 Å². The van der Waals surface area contributed by atoms with Gasteiger partial charge in [0.1, 0.15) is 11.9 Å². The maximum atomic E-state index is 10.4. The minimum absolute atomic E-state index is 0.131. The number of aliphatic hydroxyl groups excluding tert-OH is 2. The fourth-order valence-corrected chi connectivity index (χ4v) is 1.45. The van der Waals surface area contributed by atoms with Crippen molar-refractivity contribution in [2.24, 2.45) is 0 Å². The Balaban J connectivity index is 2.99. The van der Waals surface area contributed by atoms with Gasteiger partial charge < -0.3 is 26.8 Å². The summed E-state index contributed by atoms with van der Waals surface area (Å²) in [5, 5.41) is 27.8. The summed E-state index contributed by atoms with van der Waals surface area (Å²) >= 11 is 0. The molecule has 1 heterocycles. The van der Waals surface area contributed by atoms with Crippen LogP contribution in [-0.4, -0.2) is 32.4 Å². The molecule has 2 atom stereocenters. The number of aliphatic hydroxyl groups is 2. The first kappa shape index (κ1) is 13.2. The van der Waals surface area contributed by atoms with Gasteiger partial charge in [0.05, 0.1) is 18.2 Å². The molecular weight excluding hydrogens is 226 g/mol. The van der Waals surface area contributed by atoms with Crippen LogP contribution in [0.2, 0.25) is 0 Å². The SMILES string of the molecule is Cc1nc(N)c(N)cc1C(O)C(O)CC(=O)O. The van der Waals surface area contributed by atoms with Crippen molar-refractivity contribution >= 4 is 17.5 Å². The average Bonchev–Trinajstić information content (AvgIpc) is 2.21. The second-order valence-electron chi connectivity index (χ2n) is 3.75. The third-order valence-corrected chi connectivity index (χ3v) is 2.38. The van der Waals surface area contributed by atoms with Crippen LogP contribution in [0.3, 0.4) is 0 Å². The Kier molecular flexibility index (Phi) is 3.87. The van der Waals surface area contributed by atoms with E-state index in [1.807, 2.05) is 0 Å². The molecule has 0 aromatic carbocycles. The number of aliphatic carboxylic acids is 1. The van der Waals surface area contributed by atoms with E-state index in [1.165, 1.54) is 6.07 Å². The van der Waals surface area contributed by atoms with E-state index >= 15 is 0 Å². The van der Waals surface area contributed by atoms with E-state index in [9.17, 15) is 15.0 Å². The van der Waals surface area contributed by atoms with Gasteiger partial charge in [0.15, 0.2) is 0 Å². The quantitative estimate of drug-likeness (QED) is 0.474. The molecule has 0 bridgehead atoms. The molecule has 7 heteroatoms. The molecule has 0 aliphatic carbocycles. The maximum absolute atomic E-state index is 10.4. The lowest BCUT2D eigenvalue weighted by Crippen LogP contribution is -2.23. The number of nitrogens with zero attached hydrogens (tertiary/aromatic N) is 1. The van der Waals surface area contributed by atoms with Crippen LogP contribution < -0.4 is 11.5 Å². The van der Waals surface area contributed by atoms with E-state index in [-0.39, 0.29) is 17.1 Å². The molecule has 0 spiro atoms. The number of carboxylic acid groups (broad SMARTS) is 1. The number of aryl methyl sites for hydroxylation is 1. The van der Waals surface area contributed by atoms with Crippen molar-refractivity contribution in [1.29, 1.82) is 0 Å². The van der Waals surface area contributed by atoms with Gasteiger partial charge in [-0.25, -0.2) is 4.98 Å². The Labute approximate surface area is 97.7 Å². The average molecular weight is 241 g/mol. The molecule has 0 saturated heterocycles. The smallest absolute Gasteiger partial charge is 0.306 e. The van der Waals surface area contributed by atoms with E-state index in [0.29, 0.717) is 5.69 Å². The number of carboxylic acids is 1. The van der Waals surface area contributed by atoms with Gasteiger partial charge in [0, 0.05) is 11.3 Å². The summed E-state index contributed by atoms with van der Waals surface area (Å²) in [6.07, 6.45) is -3.34. The highest BCUT2D eigenvalue weighted by atomic mass is 16.4. The zero-order chi connectivity index (χ0) is 13.2. The molecule has 1 aromatic heterocycles. The summed E-state index contributed by atoms with van der Waals surface area (Å²) in [6.45, 7) is 1.59. The first-order chi connectivity index (χ1) is 7.82. The molecule has 0 amide bonds. The molecule has 0 fully saturated rings. The van der Waals surface area contributed by atoms with Gasteiger partial charge in [0.25, 0.3) is 0 Å². The summed E-state index contributed by atoms with van der Waals surface area (Å²) in [5.41, 5.74) is 11.8. The van der Waals surface area contributed by atoms with Crippen LogP contribution >= 0.6 is 0 Å². The molecule has 0 aliphatic heterocycles. The summed E-state index contributed by atoms with van der Waals surface area (Å²) < 4.78 is 0. The van der Waals surface area contributed by atoms with Crippen molar-refractivity contribution < 1.29 is 20.1 Å². The molecule has 17 heavy (non-hydrogen) atoms. The van der Waals surface area contributed by atoms with Crippen LogP contribution in [0.4, 0.5) is 11.5 Å². The Morgan fingerprint density at radius 1 is 1.47 bits per heavy atom. The number of anilines is 2. The lowest BCUT2D eigenvalue weighted by Gasteiger charge is -2.18. The number of aromatic nitrogens is 1. The van der Waals surface area contributed by atoms with E-state index in [1.54, 1.807) is 6.92 Å². The Bertz CT molecular complexity index is 436. The lowest BCUT2D eigenvalue weighted by molar-refractivity contribution is -0.141. The van der Waals surface area contributed by atoms with Crippen molar-refractivity contribution in [2.75, 3.05) is 11.5 Å². The topological polar surface area (TPSA) is 143 Å². The summed E-state index contributed by atoms with van der Waals surface area (Å²) in [4.78, 5) is 14.3. The maximum Gasteiger partial charge on any atom is 0.306 e. The minimum atomic E-state index is -1.42. The molecule has 1 aromatic rings. The van der Waals surface area contributed by atoms with Gasteiger partial charge in [-0.1, -0.05) is 0 Å². The second-order valence-corrected chi connectivity index (χ2v) is 3.75. The zero-order valence-electron chi connectivity index (χ0n) is 9.29. The number of pyridine rings is 1. The number of nitrogens with two attached hydrogens (primary N) is 2. The molecule has 1 rings (SSSR count). The first-order valence-electron chi connectivity index (χ1n) is 4.93. The summed E-state index contributed by atoms with van der Waals surface area (Å²) in [6, 6.07) is 1.38. The molecule has 0 aliphatic rings. The van der Waals surface area contributed by atoms with Crippen LogP contribution in [0, 0.1) is 6.92 Å². The normalized spacial score (nSPS) is 14.3. The van der Waals surface area contributed by atoms with Gasteiger partial charge in [-0.15, -0.1) is 0 Å². The third kappa shape index (κ3) is 3.05. The number of rotatable bonds is 4. The summed E-state index contributed by atoms with van der Waals surface area (Å²) in [5.74, 6) is -1.07. The molecule has 2 unspecified atom stereocenters. The molecular formula is C10H15N3O4. The van der Waals surface area contributed by atoms with Crippen LogP contribution in [-0.2, 0) is 4.79 Å². The van der Waals surface area contributed by atoms with Gasteiger partial charge >= 0.3 is 5.97 Å². The highest BCUT2D eigenvalue weighted by Gasteiger charge is 2.23. The molecule has 94 valence electrons. The number of hydrogen-bond donors (Lipinski definition) is 5. The minimum Gasteiger partial charge on any atom is -0.481 e. The van der Waals surface area contributed by atoms with E-state index < -0.39 is 24.6 Å². The number of hydrogen-bond acceptors (Lipinski definition) is 6. The predicted octanol–water partition coefficient (Wildman–Crippen LogP) is -0.577. The highest BCUT2D eigenvalue weighted by molar-refractivity contribution is 5.67. The Morgan fingerprint density at radius 2 is 2.06 bits per heavy atom. The van der Waals surface area contributed by atoms with Crippen molar-refractivity contribution in [3.05, 3.63) is 17.3 Å². The van der Waals surface area contributed by atoms with Crippen LogP contribution in [0.1, 0.15) is 23.8 Å². The molecule has 0 radical (unpaired) electrons. The number of nitrogen functional groups attached to an aromatic ring is 2. The molecule has 0 saturated carbocycles. The van der Waals surface area contributed by atoms with Crippen molar-refractivity contribution in [2.45, 2.75) is 25.6 Å². The number of carbonyl (C=O) groups is 1. The monoisotopic (exact) mass is 241 g/mol. The van der Waals surface area contributed by atoms with Crippen molar-refractivity contribution in [3.8, 4) is 0 Å². The zero-order valence-corrected chi connectivity index (χ0v) is 9.29. The van der Waals surface area contributed by atoms with E-state index in [4.69, 9.17) is 16.6 Å². The van der Waals surface area contributed by atoms with Crippen LogP contribution in [0.25, 0.3) is 0 Å². The first-order valence-corrected chi connectivity index (χ1v) is 4.93. The van der Waals surface area contributed by atoms with Gasteiger partial charge in [-0.3, -0.25) is 4.79 Å². The van der Waals surface area contributed by atoms with Crippen molar-refractivity contribution in [3.63, 3.8) is 0 Å². The Hall–Kier alpha value is -1.86. The third-order valence-electron chi connectivity index (χ3n) is 2.38. The lowest BCUT2D eigenvalue weighted by atomic mass is 10.0. The van der Waals surface area contributed by atoms with Crippen LogP contribution in [0.15, 0.2) is 6.07 Å². The van der Waals surface area contributed by atoms with Gasteiger partial charge in [0.2, 0.25) is 0 Å². The van der Waals surface area contributed by atoms with E-state index in [2.05, 4.69) is 4.98 Å². The molecule has 7 N–H and O–H groups in total. The summed E-state index contributed by atoms with van der Waals surface area (Å²) in [7, 11) is 0. The fourth-order valence-electron chi connectivity index (χ4n) is 1.45. The van der Waals surface area contributed by atoms with Gasteiger partial charge in [-0.05, 0) is 13.0 Å². The van der Waals surface area contributed by atoms with Crippen LogP contribution in [0.5, 0.6) is 0 Å². The fraction of sp³-hybridized carbons (Fsp3) is 0.400. The van der Waals surface area contributed by atoms with Crippen molar-refractivity contribution in [1.82, 2.24) is 4.98 Å².